The van der Waals surface area contributed by atoms with Crippen molar-refractivity contribution in [1.82, 2.24) is 0 Å². The lowest BCUT2D eigenvalue weighted by Crippen LogP contribution is -2.09. The summed E-state index contributed by atoms with van der Waals surface area (Å²) >= 11 is 0. The van der Waals surface area contributed by atoms with E-state index < -0.39 is 0 Å². The first kappa shape index (κ1) is 6.37. The Morgan fingerprint density at radius 3 is 2.73 bits per heavy atom. The van der Waals surface area contributed by atoms with Crippen LogP contribution in [-0.2, 0) is 0 Å². The molecule has 1 heterocycles. The molecule has 1 aromatic rings. The third-order valence-electron chi connectivity index (χ3n) is 1.83. The van der Waals surface area contributed by atoms with Crippen LogP contribution in [0.2, 0.25) is 0 Å². The van der Waals surface area contributed by atoms with E-state index in [1.165, 1.54) is 0 Å². The zero-order valence-corrected chi connectivity index (χ0v) is 5.99. The Labute approximate surface area is 64.7 Å². The standard InChI is InChI=1S/C8H9N3/c9-7-5-3-1-2-4-6(5)8(10)11-7/h1-4,7H,9H2,(H2,10,11)/t7-/m0/s1. The first-order valence-electron chi connectivity index (χ1n) is 3.47. The van der Waals surface area contributed by atoms with Gasteiger partial charge in [0.15, 0.2) is 0 Å². The van der Waals surface area contributed by atoms with Crippen LogP contribution >= 0.6 is 0 Å². The van der Waals surface area contributed by atoms with Crippen LogP contribution in [0.1, 0.15) is 17.3 Å². The third kappa shape index (κ3) is 0.816. The van der Waals surface area contributed by atoms with Gasteiger partial charge in [-0.15, -0.1) is 0 Å². The van der Waals surface area contributed by atoms with E-state index in [2.05, 4.69) is 4.99 Å². The van der Waals surface area contributed by atoms with Crippen LogP contribution in [0.4, 0.5) is 0 Å². The van der Waals surface area contributed by atoms with Crippen molar-refractivity contribution in [3.05, 3.63) is 35.4 Å². The molecule has 0 spiro atoms. The van der Waals surface area contributed by atoms with Gasteiger partial charge < -0.3 is 11.5 Å². The molecule has 0 fully saturated rings. The summed E-state index contributed by atoms with van der Waals surface area (Å²) in [5, 5.41) is 0. The molecule has 3 heteroatoms. The van der Waals surface area contributed by atoms with Gasteiger partial charge in [-0.05, 0) is 0 Å². The fourth-order valence-corrected chi connectivity index (χ4v) is 1.28. The van der Waals surface area contributed by atoms with Gasteiger partial charge in [0.05, 0.1) is 0 Å². The normalized spacial score (nSPS) is 21.2. The Morgan fingerprint density at radius 1 is 1.27 bits per heavy atom. The SMILES string of the molecule is NC1=N[C@H](N)c2ccccc21. The minimum atomic E-state index is -0.258. The first-order valence-corrected chi connectivity index (χ1v) is 3.47. The van der Waals surface area contributed by atoms with Crippen molar-refractivity contribution in [2.24, 2.45) is 16.5 Å². The lowest BCUT2D eigenvalue weighted by Gasteiger charge is -2.00. The molecule has 0 radical (unpaired) electrons. The monoisotopic (exact) mass is 147 g/mol. The molecule has 1 aliphatic heterocycles. The second-order valence-corrected chi connectivity index (χ2v) is 2.55. The summed E-state index contributed by atoms with van der Waals surface area (Å²) in [6.45, 7) is 0. The summed E-state index contributed by atoms with van der Waals surface area (Å²) in [5.41, 5.74) is 13.3. The summed E-state index contributed by atoms with van der Waals surface area (Å²) < 4.78 is 0. The average Bonchev–Trinajstić information content (AvgIpc) is 2.30. The quantitative estimate of drug-likeness (QED) is 0.556. The summed E-state index contributed by atoms with van der Waals surface area (Å²) in [6.07, 6.45) is -0.258. The maximum atomic E-state index is 5.67. The van der Waals surface area contributed by atoms with Crippen molar-refractivity contribution in [2.75, 3.05) is 0 Å². The van der Waals surface area contributed by atoms with Crippen LogP contribution in [-0.4, -0.2) is 5.84 Å². The number of hydrogen-bond donors (Lipinski definition) is 2. The van der Waals surface area contributed by atoms with E-state index in [0.717, 1.165) is 11.1 Å². The maximum absolute atomic E-state index is 5.67. The Bertz CT molecular complexity index is 317. The minimum Gasteiger partial charge on any atom is -0.383 e. The largest absolute Gasteiger partial charge is 0.383 e. The molecule has 0 unspecified atom stereocenters. The van der Waals surface area contributed by atoms with Gasteiger partial charge in [-0.3, -0.25) is 0 Å². The lowest BCUT2D eigenvalue weighted by molar-refractivity contribution is 0.795. The minimum absolute atomic E-state index is 0.258. The molecular formula is C8H9N3. The zero-order chi connectivity index (χ0) is 7.84. The number of nitrogens with zero attached hydrogens (tertiary/aromatic N) is 1. The van der Waals surface area contributed by atoms with Gasteiger partial charge >= 0.3 is 0 Å². The number of nitrogens with two attached hydrogens (primary N) is 2. The van der Waals surface area contributed by atoms with E-state index >= 15 is 0 Å². The van der Waals surface area contributed by atoms with Gasteiger partial charge in [0.2, 0.25) is 0 Å². The van der Waals surface area contributed by atoms with Gasteiger partial charge in [0, 0.05) is 11.1 Å². The van der Waals surface area contributed by atoms with E-state index in [1.807, 2.05) is 24.3 Å². The van der Waals surface area contributed by atoms with Crippen LogP contribution in [0.25, 0.3) is 0 Å². The number of aliphatic imine (C=N–C) groups is 1. The smallest absolute Gasteiger partial charge is 0.128 e. The maximum Gasteiger partial charge on any atom is 0.128 e. The molecule has 3 nitrogen and oxygen atoms in total. The summed E-state index contributed by atoms with van der Waals surface area (Å²) in [7, 11) is 0. The zero-order valence-electron chi connectivity index (χ0n) is 5.99. The number of hydrogen-bond acceptors (Lipinski definition) is 3. The second-order valence-electron chi connectivity index (χ2n) is 2.55. The van der Waals surface area contributed by atoms with Gasteiger partial charge in [-0.2, -0.15) is 0 Å². The van der Waals surface area contributed by atoms with Gasteiger partial charge in [-0.1, -0.05) is 24.3 Å². The fourth-order valence-electron chi connectivity index (χ4n) is 1.28. The van der Waals surface area contributed by atoms with Crippen LogP contribution < -0.4 is 11.5 Å². The van der Waals surface area contributed by atoms with Gasteiger partial charge in [0.1, 0.15) is 12.0 Å². The van der Waals surface area contributed by atoms with Crippen molar-refractivity contribution in [2.45, 2.75) is 6.17 Å². The molecule has 1 aliphatic rings. The van der Waals surface area contributed by atoms with E-state index in [1.54, 1.807) is 0 Å². The van der Waals surface area contributed by atoms with Crippen LogP contribution in [0.3, 0.4) is 0 Å². The number of fused-ring (bicyclic) bond motifs is 1. The molecule has 0 saturated carbocycles. The van der Waals surface area contributed by atoms with Gasteiger partial charge in [-0.25, -0.2) is 4.99 Å². The number of amidine groups is 1. The number of rotatable bonds is 0. The predicted molar refractivity (Wildman–Crippen MR) is 44.1 cm³/mol. The molecule has 56 valence electrons. The van der Waals surface area contributed by atoms with Crippen LogP contribution in [0.5, 0.6) is 0 Å². The van der Waals surface area contributed by atoms with Crippen molar-refractivity contribution in [3.63, 3.8) is 0 Å². The molecule has 0 saturated heterocycles. The summed E-state index contributed by atoms with van der Waals surface area (Å²) in [6, 6.07) is 7.75. The van der Waals surface area contributed by atoms with Crippen molar-refractivity contribution >= 4 is 5.84 Å². The highest BCUT2D eigenvalue weighted by atomic mass is 15.0. The molecule has 1 atom stereocenters. The number of benzene rings is 1. The summed E-state index contributed by atoms with van der Waals surface area (Å²) in [4.78, 5) is 4.03. The lowest BCUT2D eigenvalue weighted by atomic mass is 10.1. The van der Waals surface area contributed by atoms with Crippen molar-refractivity contribution in [1.29, 1.82) is 0 Å². The van der Waals surface area contributed by atoms with Crippen LogP contribution in [0, 0.1) is 0 Å². The highest BCUT2D eigenvalue weighted by molar-refractivity contribution is 6.01. The van der Waals surface area contributed by atoms with E-state index in [4.69, 9.17) is 11.5 Å². The average molecular weight is 147 g/mol. The fraction of sp³-hybridized carbons (Fsp3) is 0.125. The Hall–Kier alpha value is -1.35. The molecule has 4 N–H and O–H groups in total. The topological polar surface area (TPSA) is 64.4 Å². The van der Waals surface area contributed by atoms with Crippen LogP contribution in [0.15, 0.2) is 29.3 Å². The van der Waals surface area contributed by atoms with E-state index in [-0.39, 0.29) is 6.17 Å². The van der Waals surface area contributed by atoms with Gasteiger partial charge in [0.25, 0.3) is 0 Å². The Kier molecular flexibility index (Phi) is 1.20. The second kappa shape index (κ2) is 2.07. The molecular weight excluding hydrogens is 138 g/mol. The molecule has 0 amide bonds. The molecule has 0 aromatic heterocycles. The third-order valence-corrected chi connectivity index (χ3v) is 1.83. The highest BCUT2D eigenvalue weighted by Gasteiger charge is 2.18. The molecule has 1 aromatic carbocycles. The highest BCUT2D eigenvalue weighted by Crippen LogP contribution is 2.22. The molecule has 0 aliphatic carbocycles. The predicted octanol–water partition coefficient (Wildman–Crippen LogP) is 0.363. The Morgan fingerprint density at radius 2 is 2.00 bits per heavy atom. The van der Waals surface area contributed by atoms with E-state index in [9.17, 15) is 0 Å². The van der Waals surface area contributed by atoms with Crippen molar-refractivity contribution < 1.29 is 0 Å². The molecule has 2 rings (SSSR count). The molecule has 0 bridgehead atoms. The summed E-state index contributed by atoms with van der Waals surface area (Å²) in [5.74, 6) is 0.549. The van der Waals surface area contributed by atoms with E-state index in [0.29, 0.717) is 5.84 Å². The first-order chi connectivity index (χ1) is 5.29. The molecule has 11 heavy (non-hydrogen) atoms. The van der Waals surface area contributed by atoms with Crippen molar-refractivity contribution in [3.8, 4) is 0 Å². The Balaban J connectivity index is 2.62.